The number of piperazine rings is 1. The van der Waals surface area contributed by atoms with Crippen LogP contribution in [0, 0.1) is 0 Å². The van der Waals surface area contributed by atoms with Crippen molar-refractivity contribution in [1.82, 2.24) is 9.80 Å². The molecule has 1 aromatic carbocycles. The summed E-state index contributed by atoms with van der Waals surface area (Å²) in [5.74, 6) is 0.0242. The molecule has 0 spiro atoms. The molecule has 1 heterocycles. The highest BCUT2D eigenvalue weighted by Crippen LogP contribution is 2.17. The van der Waals surface area contributed by atoms with E-state index in [0.717, 1.165) is 26.2 Å². The minimum absolute atomic E-state index is 0.0242. The SMILES string of the molecule is CC(=O)c1ccc(NC(=O)N2CCN(C(C)(C)C)CC2)cc1. The van der Waals surface area contributed by atoms with Gasteiger partial charge >= 0.3 is 6.03 Å². The first-order valence-electron chi connectivity index (χ1n) is 7.69. The molecule has 0 radical (unpaired) electrons. The third-order valence-electron chi connectivity index (χ3n) is 4.06. The second-order valence-corrected chi connectivity index (χ2v) is 6.71. The molecule has 0 atom stereocenters. The van der Waals surface area contributed by atoms with Crippen LogP contribution in [0.3, 0.4) is 0 Å². The third kappa shape index (κ3) is 4.07. The molecule has 22 heavy (non-hydrogen) atoms. The lowest BCUT2D eigenvalue weighted by Gasteiger charge is -2.42. The van der Waals surface area contributed by atoms with Gasteiger partial charge in [0.05, 0.1) is 0 Å². The standard InChI is InChI=1S/C17H25N3O2/c1-13(21)14-5-7-15(8-6-14)18-16(22)19-9-11-20(12-10-19)17(2,3)4/h5-8H,9-12H2,1-4H3,(H,18,22). The van der Waals surface area contributed by atoms with Crippen LogP contribution in [0.25, 0.3) is 0 Å². The van der Waals surface area contributed by atoms with Gasteiger partial charge in [-0.2, -0.15) is 0 Å². The van der Waals surface area contributed by atoms with Gasteiger partial charge in [-0.3, -0.25) is 9.69 Å². The predicted octanol–water partition coefficient (Wildman–Crippen LogP) is 2.84. The fourth-order valence-electron chi connectivity index (χ4n) is 2.57. The van der Waals surface area contributed by atoms with Crippen molar-refractivity contribution < 1.29 is 9.59 Å². The van der Waals surface area contributed by atoms with Crippen LogP contribution in [0.4, 0.5) is 10.5 Å². The fraction of sp³-hybridized carbons (Fsp3) is 0.529. The van der Waals surface area contributed by atoms with E-state index in [1.807, 2.05) is 4.90 Å². The van der Waals surface area contributed by atoms with Gasteiger partial charge in [-0.1, -0.05) is 0 Å². The molecule has 1 fully saturated rings. The fourth-order valence-corrected chi connectivity index (χ4v) is 2.57. The van der Waals surface area contributed by atoms with Gasteiger partial charge in [0.2, 0.25) is 0 Å². The van der Waals surface area contributed by atoms with Crippen LogP contribution in [-0.4, -0.2) is 53.3 Å². The van der Waals surface area contributed by atoms with Crippen LogP contribution < -0.4 is 5.32 Å². The van der Waals surface area contributed by atoms with Crippen molar-refractivity contribution in [1.29, 1.82) is 0 Å². The molecule has 2 amide bonds. The quantitative estimate of drug-likeness (QED) is 0.855. The maximum Gasteiger partial charge on any atom is 0.321 e. The van der Waals surface area contributed by atoms with Crippen LogP contribution in [0.2, 0.25) is 0 Å². The maximum absolute atomic E-state index is 12.3. The number of amides is 2. The van der Waals surface area contributed by atoms with Gasteiger partial charge in [-0.25, -0.2) is 4.79 Å². The Kier molecular flexibility index (Phi) is 4.86. The summed E-state index contributed by atoms with van der Waals surface area (Å²) in [5.41, 5.74) is 1.51. The van der Waals surface area contributed by atoms with E-state index < -0.39 is 0 Å². The van der Waals surface area contributed by atoms with Crippen molar-refractivity contribution in [2.24, 2.45) is 0 Å². The molecule has 1 aliphatic rings. The number of hydrogen-bond donors (Lipinski definition) is 1. The lowest BCUT2D eigenvalue weighted by molar-refractivity contribution is 0.0774. The van der Waals surface area contributed by atoms with E-state index in [-0.39, 0.29) is 17.4 Å². The Bertz CT molecular complexity index is 538. The smallest absolute Gasteiger partial charge is 0.321 e. The summed E-state index contributed by atoms with van der Waals surface area (Å²) in [4.78, 5) is 27.7. The molecular weight excluding hydrogens is 278 g/mol. The number of carbonyl (C=O) groups excluding carboxylic acids is 2. The number of carbonyl (C=O) groups is 2. The summed E-state index contributed by atoms with van der Waals surface area (Å²) in [6.45, 7) is 11.4. The normalized spacial score (nSPS) is 16.5. The van der Waals surface area contributed by atoms with Crippen LogP contribution in [0.1, 0.15) is 38.1 Å². The molecular formula is C17H25N3O2. The molecule has 120 valence electrons. The number of nitrogens with one attached hydrogen (secondary N) is 1. The first-order valence-corrected chi connectivity index (χ1v) is 7.69. The first kappa shape index (κ1) is 16.5. The zero-order chi connectivity index (χ0) is 16.3. The van der Waals surface area contributed by atoms with Crippen LogP contribution in [0.15, 0.2) is 24.3 Å². The summed E-state index contributed by atoms with van der Waals surface area (Å²) in [6.07, 6.45) is 0. The Morgan fingerprint density at radius 3 is 2.00 bits per heavy atom. The molecule has 1 N–H and O–H groups in total. The number of rotatable bonds is 2. The van der Waals surface area contributed by atoms with Crippen LogP contribution >= 0.6 is 0 Å². The van der Waals surface area contributed by atoms with E-state index in [0.29, 0.717) is 11.3 Å². The highest BCUT2D eigenvalue weighted by molar-refractivity contribution is 5.95. The molecule has 5 heteroatoms. The number of urea groups is 1. The van der Waals surface area contributed by atoms with Crippen molar-refractivity contribution in [3.63, 3.8) is 0 Å². The van der Waals surface area contributed by atoms with Gasteiger partial charge in [0.1, 0.15) is 0 Å². The van der Waals surface area contributed by atoms with Crippen molar-refractivity contribution in [3.05, 3.63) is 29.8 Å². The number of ketones is 1. The van der Waals surface area contributed by atoms with Gasteiger partial charge in [-0.05, 0) is 52.0 Å². The molecule has 1 aliphatic heterocycles. The summed E-state index contributed by atoms with van der Waals surface area (Å²) in [7, 11) is 0. The van der Waals surface area contributed by atoms with E-state index in [2.05, 4.69) is 31.0 Å². The summed E-state index contributed by atoms with van der Waals surface area (Å²) in [6, 6.07) is 6.91. The maximum atomic E-state index is 12.3. The molecule has 0 saturated carbocycles. The first-order chi connectivity index (χ1) is 10.3. The number of benzene rings is 1. The zero-order valence-corrected chi connectivity index (χ0v) is 13.8. The minimum Gasteiger partial charge on any atom is -0.322 e. The monoisotopic (exact) mass is 303 g/mol. The Balaban J connectivity index is 1.89. The van der Waals surface area contributed by atoms with Crippen LogP contribution in [-0.2, 0) is 0 Å². The molecule has 0 unspecified atom stereocenters. The van der Waals surface area contributed by atoms with Gasteiger partial charge in [0.15, 0.2) is 5.78 Å². The minimum atomic E-state index is -0.0795. The number of Topliss-reactive ketones (excluding diaryl/α,β-unsaturated/α-hetero) is 1. The van der Waals surface area contributed by atoms with Crippen molar-refractivity contribution in [2.75, 3.05) is 31.5 Å². The number of anilines is 1. The largest absolute Gasteiger partial charge is 0.322 e. The van der Waals surface area contributed by atoms with Gasteiger partial charge in [-0.15, -0.1) is 0 Å². The number of nitrogens with zero attached hydrogens (tertiary/aromatic N) is 2. The van der Waals surface area contributed by atoms with Crippen molar-refractivity contribution in [3.8, 4) is 0 Å². The van der Waals surface area contributed by atoms with E-state index in [9.17, 15) is 9.59 Å². The van der Waals surface area contributed by atoms with E-state index in [4.69, 9.17) is 0 Å². The Hall–Kier alpha value is -1.88. The second kappa shape index (κ2) is 6.48. The highest BCUT2D eigenvalue weighted by atomic mass is 16.2. The second-order valence-electron chi connectivity index (χ2n) is 6.71. The van der Waals surface area contributed by atoms with Gasteiger partial charge < -0.3 is 10.2 Å². The zero-order valence-electron chi connectivity index (χ0n) is 13.8. The van der Waals surface area contributed by atoms with Gasteiger partial charge in [0, 0.05) is 43.0 Å². The topological polar surface area (TPSA) is 52.7 Å². The lowest BCUT2D eigenvalue weighted by Crippen LogP contribution is -2.55. The van der Waals surface area contributed by atoms with E-state index in [1.54, 1.807) is 24.3 Å². The molecule has 0 aromatic heterocycles. The van der Waals surface area contributed by atoms with E-state index >= 15 is 0 Å². The molecule has 0 bridgehead atoms. The molecule has 1 saturated heterocycles. The Morgan fingerprint density at radius 2 is 1.55 bits per heavy atom. The highest BCUT2D eigenvalue weighted by Gasteiger charge is 2.27. The van der Waals surface area contributed by atoms with Gasteiger partial charge in [0.25, 0.3) is 0 Å². The summed E-state index contributed by atoms with van der Waals surface area (Å²) >= 11 is 0. The lowest BCUT2D eigenvalue weighted by atomic mass is 10.1. The molecule has 2 rings (SSSR count). The van der Waals surface area contributed by atoms with Crippen molar-refractivity contribution in [2.45, 2.75) is 33.2 Å². The van der Waals surface area contributed by atoms with E-state index in [1.165, 1.54) is 6.92 Å². The molecule has 1 aromatic rings. The Morgan fingerprint density at radius 1 is 1.00 bits per heavy atom. The summed E-state index contributed by atoms with van der Waals surface area (Å²) < 4.78 is 0. The van der Waals surface area contributed by atoms with Crippen molar-refractivity contribution >= 4 is 17.5 Å². The average molecular weight is 303 g/mol. The molecule has 0 aliphatic carbocycles. The Labute approximate surface area is 132 Å². The molecule has 5 nitrogen and oxygen atoms in total. The average Bonchev–Trinajstić information content (AvgIpc) is 2.47. The third-order valence-corrected chi connectivity index (χ3v) is 4.06. The summed E-state index contributed by atoms with van der Waals surface area (Å²) in [5, 5.41) is 2.89. The van der Waals surface area contributed by atoms with Crippen LogP contribution in [0.5, 0.6) is 0 Å². The number of hydrogen-bond acceptors (Lipinski definition) is 3. The predicted molar refractivity (Wildman–Crippen MR) is 88.4 cm³/mol.